The Morgan fingerprint density at radius 1 is 0.933 bits per heavy atom. The molecule has 164 valence electrons. The zero-order valence-corrected chi connectivity index (χ0v) is 18.2. The molecule has 2 spiro atoms. The Labute approximate surface area is 178 Å². The summed E-state index contributed by atoms with van der Waals surface area (Å²) < 4.78 is 44.6. The molecule has 0 amide bonds. The molecule has 0 aromatic heterocycles. The Kier molecular flexibility index (Phi) is 4.40. The van der Waals surface area contributed by atoms with Crippen molar-refractivity contribution >= 4 is 10.0 Å². The highest BCUT2D eigenvalue weighted by molar-refractivity contribution is 7.89. The summed E-state index contributed by atoms with van der Waals surface area (Å²) in [4.78, 5) is 2.95. The van der Waals surface area contributed by atoms with Gasteiger partial charge < -0.3 is 14.2 Å². The molecule has 4 heterocycles. The number of likely N-dealkylation sites (tertiary alicyclic amines) is 1. The van der Waals surface area contributed by atoms with Gasteiger partial charge in [0, 0.05) is 43.7 Å². The highest BCUT2D eigenvalue weighted by atomic mass is 32.2. The lowest BCUT2D eigenvalue weighted by Gasteiger charge is -2.57. The van der Waals surface area contributed by atoms with Gasteiger partial charge in [-0.25, -0.2) is 8.42 Å². The van der Waals surface area contributed by atoms with Gasteiger partial charge in [0.2, 0.25) is 10.0 Å². The lowest BCUT2D eigenvalue weighted by molar-refractivity contribution is -0.198. The van der Waals surface area contributed by atoms with E-state index in [9.17, 15) is 8.42 Å². The molecule has 4 aliphatic heterocycles. The third-order valence-electron chi connectivity index (χ3n) is 8.02. The maximum absolute atomic E-state index is 13.2. The monoisotopic (exact) mass is 434 g/mol. The third-order valence-corrected chi connectivity index (χ3v) is 9.92. The molecular formula is C22H30N2O5S. The van der Waals surface area contributed by atoms with Crippen LogP contribution < -0.4 is 9.47 Å². The normalized spacial score (nSPS) is 30.2. The van der Waals surface area contributed by atoms with Gasteiger partial charge in [-0.1, -0.05) is 0 Å². The molecule has 0 N–H and O–H groups in total. The zero-order valence-electron chi connectivity index (χ0n) is 17.3. The van der Waals surface area contributed by atoms with Crippen molar-refractivity contribution in [3.8, 4) is 11.5 Å². The quantitative estimate of drug-likeness (QED) is 0.726. The van der Waals surface area contributed by atoms with E-state index >= 15 is 0 Å². The minimum absolute atomic E-state index is 0.306. The Bertz CT molecular complexity index is 929. The van der Waals surface area contributed by atoms with Gasteiger partial charge >= 0.3 is 0 Å². The first-order valence-corrected chi connectivity index (χ1v) is 12.6. The number of rotatable bonds is 3. The van der Waals surface area contributed by atoms with Crippen LogP contribution in [-0.4, -0.2) is 76.3 Å². The summed E-state index contributed by atoms with van der Waals surface area (Å²) in [5, 5.41) is 0. The largest absolute Gasteiger partial charge is 0.486 e. The molecule has 0 bridgehead atoms. The lowest BCUT2D eigenvalue weighted by atomic mass is 9.75. The number of sulfonamides is 1. The molecular weight excluding hydrogens is 404 g/mol. The van der Waals surface area contributed by atoms with E-state index in [0.29, 0.717) is 59.6 Å². The summed E-state index contributed by atoms with van der Waals surface area (Å²) in [6, 6.07) is 5.64. The maximum Gasteiger partial charge on any atom is 0.243 e. The van der Waals surface area contributed by atoms with E-state index in [1.54, 1.807) is 22.5 Å². The van der Waals surface area contributed by atoms with Gasteiger partial charge in [-0.05, 0) is 49.7 Å². The first kappa shape index (κ1) is 19.3. The highest BCUT2D eigenvalue weighted by Gasteiger charge is 2.53. The molecule has 1 aromatic carbocycles. The average Bonchev–Trinajstić information content (AvgIpc) is 3.09. The van der Waals surface area contributed by atoms with Gasteiger partial charge in [0.25, 0.3) is 0 Å². The van der Waals surface area contributed by atoms with Crippen LogP contribution in [0.2, 0.25) is 0 Å². The Hall–Kier alpha value is -1.35. The third kappa shape index (κ3) is 3.06. The number of hydrogen-bond acceptors (Lipinski definition) is 6. The second kappa shape index (κ2) is 6.82. The number of hydrogen-bond donors (Lipinski definition) is 0. The van der Waals surface area contributed by atoms with Crippen LogP contribution in [0.25, 0.3) is 0 Å². The molecule has 1 atom stereocenters. The smallest absolute Gasteiger partial charge is 0.243 e. The fourth-order valence-corrected chi connectivity index (χ4v) is 7.58. The van der Waals surface area contributed by atoms with Gasteiger partial charge in [-0.3, -0.25) is 4.90 Å². The van der Waals surface area contributed by atoms with E-state index in [4.69, 9.17) is 14.2 Å². The summed E-state index contributed by atoms with van der Waals surface area (Å²) in [7, 11) is -3.50. The molecule has 5 aliphatic rings. The van der Waals surface area contributed by atoms with Crippen LogP contribution >= 0.6 is 0 Å². The molecule has 3 saturated heterocycles. The van der Waals surface area contributed by atoms with Crippen molar-refractivity contribution in [1.29, 1.82) is 0 Å². The van der Waals surface area contributed by atoms with Crippen LogP contribution in [0.5, 0.6) is 11.5 Å². The van der Waals surface area contributed by atoms with Crippen molar-refractivity contribution in [2.75, 3.05) is 52.6 Å². The van der Waals surface area contributed by atoms with Crippen LogP contribution in [0.4, 0.5) is 0 Å². The van der Waals surface area contributed by atoms with Crippen LogP contribution in [-0.2, 0) is 14.8 Å². The molecule has 4 fully saturated rings. The summed E-state index contributed by atoms with van der Waals surface area (Å²) in [6.45, 7) is 6.44. The number of fused-ring (bicyclic) bond motifs is 1. The highest BCUT2D eigenvalue weighted by Crippen LogP contribution is 2.51. The van der Waals surface area contributed by atoms with Crippen molar-refractivity contribution in [2.24, 2.45) is 10.8 Å². The fraction of sp³-hybridized carbons (Fsp3) is 0.727. The minimum Gasteiger partial charge on any atom is -0.486 e. The SMILES string of the molecule is O=S(=O)(c1ccc2c(c1)OCCO2)N1CCC2(CCC(N3CC4(COC4)C3)C2)CC1. The molecule has 1 aliphatic carbocycles. The molecule has 1 aromatic rings. The number of piperidine rings is 1. The Morgan fingerprint density at radius 2 is 1.67 bits per heavy atom. The summed E-state index contributed by atoms with van der Waals surface area (Å²) in [5.41, 5.74) is 0.791. The summed E-state index contributed by atoms with van der Waals surface area (Å²) >= 11 is 0. The van der Waals surface area contributed by atoms with E-state index in [1.165, 1.54) is 32.4 Å². The van der Waals surface area contributed by atoms with Gasteiger partial charge in [-0.2, -0.15) is 4.31 Å². The lowest BCUT2D eigenvalue weighted by Crippen LogP contribution is -2.67. The van der Waals surface area contributed by atoms with Crippen LogP contribution in [0, 0.1) is 10.8 Å². The second-order valence-electron chi connectivity index (χ2n) is 10.0. The molecule has 8 heteroatoms. The molecule has 1 unspecified atom stereocenters. The predicted octanol–water partition coefficient (Wildman–Crippen LogP) is 2.11. The maximum atomic E-state index is 13.2. The van der Waals surface area contributed by atoms with Crippen molar-refractivity contribution in [3.05, 3.63) is 18.2 Å². The standard InChI is InChI=1S/C22H30N2O5S/c25-30(26,18-1-2-19-20(11-18)29-10-9-28-19)24-7-5-21(6-8-24)4-3-17(12-21)23-13-22(14-23)15-27-16-22/h1-2,11,17H,3-10,12-16H2. The van der Waals surface area contributed by atoms with Crippen molar-refractivity contribution < 1.29 is 22.6 Å². The number of benzene rings is 1. The van der Waals surface area contributed by atoms with Crippen LogP contribution in [0.1, 0.15) is 32.1 Å². The molecule has 1 saturated carbocycles. The molecule has 7 nitrogen and oxygen atoms in total. The topological polar surface area (TPSA) is 68.3 Å². The van der Waals surface area contributed by atoms with E-state index in [1.807, 2.05) is 0 Å². The van der Waals surface area contributed by atoms with Gasteiger partial charge in [0.15, 0.2) is 11.5 Å². The van der Waals surface area contributed by atoms with E-state index in [-0.39, 0.29) is 0 Å². The number of ether oxygens (including phenoxy) is 3. The van der Waals surface area contributed by atoms with E-state index in [2.05, 4.69) is 4.90 Å². The fourth-order valence-electron chi connectivity index (χ4n) is 6.12. The second-order valence-corrected chi connectivity index (χ2v) is 11.9. The van der Waals surface area contributed by atoms with Crippen LogP contribution in [0.3, 0.4) is 0 Å². The van der Waals surface area contributed by atoms with E-state index < -0.39 is 10.0 Å². The Morgan fingerprint density at radius 3 is 2.37 bits per heavy atom. The Balaban J connectivity index is 1.09. The van der Waals surface area contributed by atoms with Gasteiger partial charge in [-0.15, -0.1) is 0 Å². The first-order valence-electron chi connectivity index (χ1n) is 11.2. The summed E-state index contributed by atoms with van der Waals surface area (Å²) in [6.07, 6.45) is 5.65. The minimum atomic E-state index is -3.50. The van der Waals surface area contributed by atoms with Crippen molar-refractivity contribution in [3.63, 3.8) is 0 Å². The van der Waals surface area contributed by atoms with Gasteiger partial charge in [0.1, 0.15) is 13.2 Å². The molecule has 30 heavy (non-hydrogen) atoms. The average molecular weight is 435 g/mol. The number of nitrogens with zero attached hydrogens (tertiary/aromatic N) is 2. The molecule has 0 radical (unpaired) electrons. The van der Waals surface area contributed by atoms with Crippen molar-refractivity contribution in [2.45, 2.75) is 43.0 Å². The first-order chi connectivity index (χ1) is 14.5. The summed E-state index contributed by atoms with van der Waals surface area (Å²) in [5.74, 6) is 1.15. The van der Waals surface area contributed by atoms with E-state index in [0.717, 1.165) is 26.1 Å². The predicted molar refractivity (Wildman–Crippen MR) is 110 cm³/mol. The molecule has 6 rings (SSSR count). The zero-order chi connectivity index (χ0) is 20.4. The van der Waals surface area contributed by atoms with Gasteiger partial charge in [0.05, 0.1) is 18.1 Å². The van der Waals surface area contributed by atoms with Crippen LogP contribution in [0.15, 0.2) is 23.1 Å². The van der Waals surface area contributed by atoms with Crippen molar-refractivity contribution in [1.82, 2.24) is 9.21 Å².